The fraction of sp³-hybridized carbons (Fsp3) is 0.235. The van der Waals surface area contributed by atoms with Crippen molar-refractivity contribution < 1.29 is 9.13 Å². The Morgan fingerprint density at radius 1 is 1.14 bits per heavy atom. The van der Waals surface area contributed by atoms with Gasteiger partial charge in [0, 0.05) is 5.02 Å². The zero-order valence-corrected chi connectivity index (χ0v) is 12.2. The molecule has 0 saturated heterocycles. The first kappa shape index (κ1) is 15.3. The van der Waals surface area contributed by atoms with Crippen molar-refractivity contribution in [3.63, 3.8) is 0 Å². The van der Waals surface area contributed by atoms with E-state index in [1.807, 2.05) is 18.2 Å². The maximum Gasteiger partial charge on any atom is 0.123 e. The molecule has 1 unspecified atom stereocenters. The molecule has 0 aliphatic heterocycles. The maximum atomic E-state index is 12.7. The van der Waals surface area contributed by atoms with E-state index in [0.29, 0.717) is 23.8 Å². The Morgan fingerprint density at radius 3 is 2.52 bits per heavy atom. The van der Waals surface area contributed by atoms with Crippen LogP contribution in [0, 0.1) is 17.1 Å². The number of rotatable bonds is 6. The Labute approximate surface area is 128 Å². The standard InChI is InChI=1S/C17H15ClFNO/c18-17-6-2-1-5-16(17)13(12-20)4-3-11-21-15-9-7-14(19)8-10-15/h1-2,5-10,13H,3-4,11H2. The second-order valence-electron chi connectivity index (χ2n) is 4.65. The Bertz CT molecular complexity index is 621. The molecule has 0 aromatic heterocycles. The molecule has 0 aliphatic carbocycles. The molecule has 1 atom stereocenters. The van der Waals surface area contributed by atoms with E-state index in [-0.39, 0.29) is 11.7 Å². The second kappa shape index (κ2) is 7.66. The summed E-state index contributed by atoms with van der Waals surface area (Å²) in [6, 6.07) is 15.5. The molecule has 2 nitrogen and oxygen atoms in total. The molecule has 108 valence electrons. The SMILES string of the molecule is N#CC(CCCOc1ccc(F)cc1)c1ccccc1Cl. The van der Waals surface area contributed by atoms with E-state index in [0.717, 1.165) is 12.0 Å². The molecule has 2 rings (SSSR count). The number of hydrogen-bond acceptors (Lipinski definition) is 2. The van der Waals surface area contributed by atoms with Gasteiger partial charge in [0.05, 0.1) is 18.6 Å². The minimum atomic E-state index is -0.286. The quantitative estimate of drug-likeness (QED) is 0.708. The van der Waals surface area contributed by atoms with E-state index >= 15 is 0 Å². The summed E-state index contributed by atoms with van der Waals surface area (Å²) < 4.78 is 18.3. The van der Waals surface area contributed by atoms with Crippen LogP contribution in [0.15, 0.2) is 48.5 Å². The molecule has 4 heteroatoms. The van der Waals surface area contributed by atoms with Gasteiger partial charge >= 0.3 is 0 Å². The first-order chi connectivity index (χ1) is 10.2. The van der Waals surface area contributed by atoms with Gasteiger partial charge in [0.25, 0.3) is 0 Å². The minimum Gasteiger partial charge on any atom is -0.494 e. The summed E-state index contributed by atoms with van der Waals surface area (Å²) in [7, 11) is 0. The van der Waals surface area contributed by atoms with Crippen molar-refractivity contribution in [2.24, 2.45) is 0 Å². The van der Waals surface area contributed by atoms with Gasteiger partial charge in [-0.25, -0.2) is 4.39 Å². The van der Waals surface area contributed by atoms with Crippen molar-refractivity contribution in [2.75, 3.05) is 6.61 Å². The van der Waals surface area contributed by atoms with Crippen LogP contribution in [0.1, 0.15) is 24.3 Å². The van der Waals surface area contributed by atoms with Gasteiger partial charge in [-0.2, -0.15) is 5.26 Å². The summed E-state index contributed by atoms with van der Waals surface area (Å²) in [6.45, 7) is 0.480. The van der Waals surface area contributed by atoms with Crippen molar-refractivity contribution in [1.82, 2.24) is 0 Å². The number of nitrogens with zero attached hydrogens (tertiary/aromatic N) is 1. The van der Waals surface area contributed by atoms with Gasteiger partial charge in [-0.3, -0.25) is 0 Å². The monoisotopic (exact) mass is 303 g/mol. The van der Waals surface area contributed by atoms with Crippen LogP contribution in [0.25, 0.3) is 0 Å². The predicted octanol–water partition coefficient (Wildman–Crippen LogP) is 4.95. The highest BCUT2D eigenvalue weighted by Gasteiger charge is 2.13. The first-order valence-electron chi connectivity index (χ1n) is 6.73. The normalized spacial score (nSPS) is 11.7. The number of nitriles is 1. The highest BCUT2D eigenvalue weighted by atomic mass is 35.5. The van der Waals surface area contributed by atoms with E-state index < -0.39 is 0 Å². The Kier molecular flexibility index (Phi) is 5.59. The lowest BCUT2D eigenvalue weighted by molar-refractivity contribution is 0.304. The summed E-state index contributed by atoms with van der Waals surface area (Å²) in [4.78, 5) is 0. The van der Waals surface area contributed by atoms with Crippen LogP contribution in [0.5, 0.6) is 5.75 Å². The molecule has 2 aromatic rings. The van der Waals surface area contributed by atoms with Gasteiger partial charge in [0.1, 0.15) is 11.6 Å². The predicted molar refractivity (Wildman–Crippen MR) is 80.9 cm³/mol. The van der Waals surface area contributed by atoms with Gasteiger partial charge in [0.2, 0.25) is 0 Å². The number of benzene rings is 2. The summed E-state index contributed by atoms with van der Waals surface area (Å²) in [5, 5.41) is 9.87. The molecule has 0 aliphatic rings. The fourth-order valence-corrected chi connectivity index (χ4v) is 2.32. The van der Waals surface area contributed by atoms with Crippen LogP contribution < -0.4 is 4.74 Å². The molecule has 0 bridgehead atoms. The van der Waals surface area contributed by atoms with Crippen LogP contribution >= 0.6 is 11.6 Å². The number of halogens is 2. The summed E-state index contributed by atoms with van der Waals surface area (Å²) in [6.07, 6.45) is 1.39. The summed E-state index contributed by atoms with van der Waals surface area (Å²) >= 11 is 6.10. The third-order valence-electron chi connectivity index (χ3n) is 3.16. The largest absolute Gasteiger partial charge is 0.494 e. The van der Waals surface area contributed by atoms with E-state index in [4.69, 9.17) is 16.3 Å². The minimum absolute atomic E-state index is 0.240. The zero-order chi connectivity index (χ0) is 15.1. The zero-order valence-electron chi connectivity index (χ0n) is 11.4. The average Bonchev–Trinajstić information content (AvgIpc) is 2.50. The Hall–Kier alpha value is -2.05. The summed E-state index contributed by atoms with van der Waals surface area (Å²) in [5.74, 6) is 0.101. The molecule has 0 radical (unpaired) electrons. The molecule has 0 heterocycles. The maximum absolute atomic E-state index is 12.7. The van der Waals surface area contributed by atoms with Crippen LogP contribution in [-0.2, 0) is 0 Å². The number of hydrogen-bond donors (Lipinski definition) is 0. The van der Waals surface area contributed by atoms with Crippen molar-refractivity contribution >= 4 is 11.6 Å². The van der Waals surface area contributed by atoms with Gasteiger partial charge in [0.15, 0.2) is 0 Å². The van der Waals surface area contributed by atoms with Gasteiger partial charge in [-0.1, -0.05) is 29.8 Å². The molecular weight excluding hydrogens is 289 g/mol. The van der Waals surface area contributed by atoms with Crippen molar-refractivity contribution in [3.05, 3.63) is 64.9 Å². The fourth-order valence-electron chi connectivity index (χ4n) is 2.06. The molecule has 0 saturated carbocycles. The van der Waals surface area contributed by atoms with E-state index in [2.05, 4.69) is 6.07 Å². The van der Waals surface area contributed by atoms with Crippen molar-refractivity contribution in [3.8, 4) is 11.8 Å². The summed E-state index contributed by atoms with van der Waals surface area (Å²) in [5.41, 5.74) is 0.850. The van der Waals surface area contributed by atoms with Crippen LogP contribution in [-0.4, -0.2) is 6.61 Å². The van der Waals surface area contributed by atoms with Crippen LogP contribution in [0.2, 0.25) is 5.02 Å². The molecule has 0 amide bonds. The lowest BCUT2D eigenvalue weighted by Gasteiger charge is -2.11. The van der Waals surface area contributed by atoms with Gasteiger partial charge < -0.3 is 4.74 Å². The lowest BCUT2D eigenvalue weighted by Crippen LogP contribution is -2.02. The number of ether oxygens (including phenoxy) is 1. The van der Waals surface area contributed by atoms with E-state index in [9.17, 15) is 9.65 Å². The highest BCUT2D eigenvalue weighted by molar-refractivity contribution is 6.31. The Balaban J connectivity index is 1.83. The second-order valence-corrected chi connectivity index (χ2v) is 5.06. The van der Waals surface area contributed by atoms with Gasteiger partial charge in [-0.05, 0) is 48.7 Å². The van der Waals surface area contributed by atoms with Crippen molar-refractivity contribution in [2.45, 2.75) is 18.8 Å². The van der Waals surface area contributed by atoms with E-state index in [1.165, 1.54) is 12.1 Å². The van der Waals surface area contributed by atoms with E-state index in [1.54, 1.807) is 18.2 Å². The topological polar surface area (TPSA) is 33.0 Å². The molecule has 2 aromatic carbocycles. The lowest BCUT2D eigenvalue weighted by atomic mass is 9.96. The molecule has 21 heavy (non-hydrogen) atoms. The molecule has 0 N–H and O–H groups in total. The molecule has 0 fully saturated rings. The third kappa shape index (κ3) is 4.47. The Morgan fingerprint density at radius 2 is 1.86 bits per heavy atom. The van der Waals surface area contributed by atoms with Crippen LogP contribution in [0.3, 0.4) is 0 Å². The van der Waals surface area contributed by atoms with Crippen molar-refractivity contribution in [1.29, 1.82) is 5.26 Å². The van der Waals surface area contributed by atoms with Gasteiger partial charge in [-0.15, -0.1) is 0 Å². The molecule has 0 spiro atoms. The molecular formula is C17H15ClFNO. The highest BCUT2D eigenvalue weighted by Crippen LogP contribution is 2.27. The third-order valence-corrected chi connectivity index (χ3v) is 3.50. The van der Waals surface area contributed by atoms with Crippen LogP contribution in [0.4, 0.5) is 4.39 Å². The average molecular weight is 304 g/mol. The first-order valence-corrected chi connectivity index (χ1v) is 7.11. The smallest absolute Gasteiger partial charge is 0.123 e.